The molecule has 1 unspecified atom stereocenters. The zero-order chi connectivity index (χ0) is 9.52. The van der Waals surface area contributed by atoms with E-state index >= 15 is 0 Å². The minimum Gasteiger partial charge on any atom is -0.315 e. The summed E-state index contributed by atoms with van der Waals surface area (Å²) in [6, 6.07) is 0. The number of hydrogen-bond donors (Lipinski definition) is 1. The second kappa shape index (κ2) is 6.39. The second-order valence-corrected chi connectivity index (χ2v) is 4.11. The number of nitrogens with zero attached hydrogens (tertiary/aromatic N) is 1. The van der Waals surface area contributed by atoms with Crippen LogP contribution in [-0.4, -0.2) is 37.6 Å². The van der Waals surface area contributed by atoms with Gasteiger partial charge in [0.25, 0.3) is 0 Å². The smallest absolute Gasteiger partial charge is 0.0107 e. The molecule has 78 valence electrons. The zero-order valence-electron chi connectivity index (χ0n) is 9.18. The first-order chi connectivity index (χ1) is 6.36. The topological polar surface area (TPSA) is 15.3 Å². The molecule has 1 N–H and O–H groups in total. The van der Waals surface area contributed by atoms with Crippen LogP contribution in [0.15, 0.2) is 0 Å². The highest BCUT2D eigenvalue weighted by molar-refractivity contribution is 4.74. The number of hydrogen-bond acceptors (Lipinski definition) is 2. The van der Waals surface area contributed by atoms with E-state index in [-0.39, 0.29) is 0 Å². The zero-order valence-corrected chi connectivity index (χ0v) is 9.18. The van der Waals surface area contributed by atoms with Crippen LogP contribution in [-0.2, 0) is 0 Å². The summed E-state index contributed by atoms with van der Waals surface area (Å²) in [5, 5.41) is 3.45. The quantitative estimate of drug-likeness (QED) is 0.632. The van der Waals surface area contributed by atoms with Crippen molar-refractivity contribution in [3.8, 4) is 0 Å². The summed E-state index contributed by atoms with van der Waals surface area (Å²) in [4.78, 5) is 2.59. The maximum atomic E-state index is 3.45. The molecule has 0 aromatic carbocycles. The van der Waals surface area contributed by atoms with E-state index in [1.165, 1.54) is 52.0 Å². The van der Waals surface area contributed by atoms with E-state index in [1.54, 1.807) is 0 Å². The van der Waals surface area contributed by atoms with E-state index in [2.05, 4.69) is 24.1 Å². The lowest BCUT2D eigenvalue weighted by Crippen LogP contribution is -2.30. The molecule has 1 aliphatic heterocycles. The molecule has 1 saturated heterocycles. The van der Waals surface area contributed by atoms with E-state index in [0.717, 1.165) is 5.92 Å². The second-order valence-electron chi connectivity index (χ2n) is 4.11. The van der Waals surface area contributed by atoms with Crippen molar-refractivity contribution in [2.45, 2.75) is 33.1 Å². The van der Waals surface area contributed by atoms with Gasteiger partial charge in [0.05, 0.1) is 0 Å². The molecule has 2 heteroatoms. The molecule has 1 fully saturated rings. The van der Waals surface area contributed by atoms with E-state index in [9.17, 15) is 0 Å². The average molecular weight is 184 g/mol. The van der Waals surface area contributed by atoms with Gasteiger partial charge in [-0.15, -0.1) is 0 Å². The van der Waals surface area contributed by atoms with E-state index in [4.69, 9.17) is 0 Å². The van der Waals surface area contributed by atoms with E-state index in [0.29, 0.717) is 0 Å². The van der Waals surface area contributed by atoms with Crippen LogP contribution in [0.25, 0.3) is 0 Å². The molecular formula is C11H24N2. The molecule has 0 aromatic heterocycles. The first kappa shape index (κ1) is 11.0. The van der Waals surface area contributed by atoms with Crippen LogP contribution in [0.5, 0.6) is 0 Å². The molecule has 2 nitrogen and oxygen atoms in total. The normalized spacial score (nSPS) is 24.0. The largest absolute Gasteiger partial charge is 0.315 e. The Morgan fingerprint density at radius 1 is 1.31 bits per heavy atom. The van der Waals surface area contributed by atoms with Crippen LogP contribution in [0.4, 0.5) is 0 Å². The number of rotatable bonds is 6. The molecule has 1 atom stereocenters. The minimum absolute atomic E-state index is 0.978. The maximum Gasteiger partial charge on any atom is 0.0107 e. The summed E-state index contributed by atoms with van der Waals surface area (Å²) >= 11 is 0. The van der Waals surface area contributed by atoms with Crippen molar-refractivity contribution in [3.63, 3.8) is 0 Å². The third kappa shape index (κ3) is 4.10. The van der Waals surface area contributed by atoms with Crippen molar-refractivity contribution < 1.29 is 0 Å². The molecular weight excluding hydrogens is 160 g/mol. The van der Waals surface area contributed by atoms with Gasteiger partial charge in [-0.3, -0.25) is 0 Å². The molecule has 0 spiro atoms. The lowest BCUT2D eigenvalue weighted by atomic mass is 10.1. The summed E-state index contributed by atoms with van der Waals surface area (Å²) in [6.45, 7) is 10.8. The summed E-state index contributed by atoms with van der Waals surface area (Å²) in [5.74, 6) is 0.978. The minimum atomic E-state index is 0.978. The Morgan fingerprint density at radius 2 is 2.15 bits per heavy atom. The van der Waals surface area contributed by atoms with Crippen molar-refractivity contribution >= 4 is 0 Å². The fraction of sp³-hybridized carbons (Fsp3) is 1.00. The van der Waals surface area contributed by atoms with Crippen LogP contribution in [0.1, 0.15) is 33.1 Å². The van der Waals surface area contributed by atoms with Gasteiger partial charge in [-0.05, 0) is 31.8 Å². The van der Waals surface area contributed by atoms with Gasteiger partial charge in [-0.2, -0.15) is 0 Å². The van der Waals surface area contributed by atoms with Crippen molar-refractivity contribution in [1.29, 1.82) is 0 Å². The van der Waals surface area contributed by atoms with Gasteiger partial charge in [0, 0.05) is 19.6 Å². The molecule has 13 heavy (non-hydrogen) atoms. The van der Waals surface area contributed by atoms with Crippen molar-refractivity contribution in [1.82, 2.24) is 10.2 Å². The maximum absolute atomic E-state index is 3.45. The predicted molar refractivity (Wildman–Crippen MR) is 58.0 cm³/mol. The number of likely N-dealkylation sites (tertiary alicyclic amines) is 1. The number of nitrogens with one attached hydrogen (secondary N) is 1. The Balaban J connectivity index is 1.97. The van der Waals surface area contributed by atoms with Gasteiger partial charge < -0.3 is 10.2 Å². The van der Waals surface area contributed by atoms with E-state index < -0.39 is 0 Å². The average Bonchev–Trinajstić information content (AvgIpc) is 2.60. The highest BCUT2D eigenvalue weighted by atomic mass is 15.2. The summed E-state index contributed by atoms with van der Waals surface area (Å²) in [7, 11) is 0. The Labute approximate surface area is 82.7 Å². The molecule has 0 bridgehead atoms. The van der Waals surface area contributed by atoms with E-state index in [1.807, 2.05) is 0 Å². The highest BCUT2D eigenvalue weighted by Gasteiger charge is 2.19. The predicted octanol–water partition coefficient (Wildman–Crippen LogP) is 1.72. The first-order valence-corrected chi connectivity index (χ1v) is 5.79. The first-order valence-electron chi connectivity index (χ1n) is 5.79. The van der Waals surface area contributed by atoms with Crippen molar-refractivity contribution in [2.24, 2.45) is 5.92 Å². The van der Waals surface area contributed by atoms with Gasteiger partial charge in [0.1, 0.15) is 0 Å². The molecule has 0 saturated carbocycles. The molecule has 1 aliphatic rings. The fourth-order valence-corrected chi connectivity index (χ4v) is 1.99. The molecule has 0 radical (unpaired) electrons. The Hall–Kier alpha value is -0.0800. The van der Waals surface area contributed by atoms with Gasteiger partial charge >= 0.3 is 0 Å². The molecule has 1 rings (SSSR count). The van der Waals surface area contributed by atoms with Gasteiger partial charge in [0.15, 0.2) is 0 Å². The van der Waals surface area contributed by atoms with Crippen LogP contribution < -0.4 is 5.32 Å². The third-order valence-electron chi connectivity index (χ3n) is 2.98. The van der Waals surface area contributed by atoms with Gasteiger partial charge in [-0.25, -0.2) is 0 Å². The Morgan fingerprint density at radius 3 is 2.77 bits per heavy atom. The monoisotopic (exact) mass is 184 g/mol. The van der Waals surface area contributed by atoms with Crippen LogP contribution >= 0.6 is 0 Å². The molecule has 0 amide bonds. The van der Waals surface area contributed by atoms with Gasteiger partial charge in [-0.1, -0.05) is 20.3 Å². The van der Waals surface area contributed by atoms with Crippen molar-refractivity contribution in [3.05, 3.63) is 0 Å². The Kier molecular flexibility index (Phi) is 5.40. The lowest BCUT2D eigenvalue weighted by Gasteiger charge is -2.15. The molecule has 0 aliphatic carbocycles. The van der Waals surface area contributed by atoms with Gasteiger partial charge in [0.2, 0.25) is 0 Å². The third-order valence-corrected chi connectivity index (χ3v) is 2.98. The SMILES string of the molecule is CCCNCCN1CCC(CC)C1. The highest BCUT2D eigenvalue weighted by Crippen LogP contribution is 2.17. The van der Waals surface area contributed by atoms with Crippen LogP contribution in [0, 0.1) is 5.92 Å². The Bertz CT molecular complexity index is 125. The fourth-order valence-electron chi connectivity index (χ4n) is 1.99. The molecule has 0 aromatic rings. The van der Waals surface area contributed by atoms with Crippen LogP contribution in [0.3, 0.4) is 0 Å². The standard InChI is InChI=1S/C11H24N2/c1-3-6-12-7-9-13-8-5-11(4-2)10-13/h11-12H,3-10H2,1-2H3. The summed E-state index contributed by atoms with van der Waals surface area (Å²) in [6.07, 6.45) is 4.03. The summed E-state index contributed by atoms with van der Waals surface area (Å²) in [5.41, 5.74) is 0. The van der Waals surface area contributed by atoms with Crippen LogP contribution in [0.2, 0.25) is 0 Å². The summed E-state index contributed by atoms with van der Waals surface area (Å²) < 4.78 is 0. The van der Waals surface area contributed by atoms with Crippen molar-refractivity contribution in [2.75, 3.05) is 32.7 Å². The molecule has 1 heterocycles. The lowest BCUT2D eigenvalue weighted by molar-refractivity contribution is 0.321.